The number of halogens is 1. The predicted octanol–water partition coefficient (Wildman–Crippen LogP) is 4.43. The summed E-state index contributed by atoms with van der Waals surface area (Å²) in [5.41, 5.74) is 2.30. The fraction of sp³-hybridized carbons (Fsp3) is 0.389. The van der Waals surface area contributed by atoms with Crippen LogP contribution in [-0.2, 0) is 0 Å². The SMILES string of the molecule is CCCN(CCC)c1ncc(C(=O)Nc2ccc(C)cc2Br)cn1. The lowest BCUT2D eigenvalue weighted by molar-refractivity contribution is 0.102. The summed E-state index contributed by atoms with van der Waals surface area (Å²) >= 11 is 3.46. The second-order valence-electron chi connectivity index (χ2n) is 5.70. The Morgan fingerprint density at radius 1 is 1.17 bits per heavy atom. The van der Waals surface area contributed by atoms with E-state index in [1.165, 1.54) is 0 Å². The van der Waals surface area contributed by atoms with Crippen molar-refractivity contribution in [2.24, 2.45) is 0 Å². The van der Waals surface area contributed by atoms with Gasteiger partial charge >= 0.3 is 0 Å². The number of amides is 1. The average Bonchev–Trinajstić information content (AvgIpc) is 2.57. The topological polar surface area (TPSA) is 58.1 Å². The van der Waals surface area contributed by atoms with E-state index in [1.54, 1.807) is 12.4 Å². The maximum Gasteiger partial charge on any atom is 0.258 e. The third-order valence-electron chi connectivity index (χ3n) is 3.54. The zero-order valence-corrected chi connectivity index (χ0v) is 15.9. The van der Waals surface area contributed by atoms with Crippen LogP contribution in [0.15, 0.2) is 35.1 Å². The molecule has 0 bridgehead atoms. The molecule has 5 nitrogen and oxygen atoms in total. The normalized spacial score (nSPS) is 10.5. The highest BCUT2D eigenvalue weighted by molar-refractivity contribution is 9.10. The average molecular weight is 391 g/mol. The zero-order chi connectivity index (χ0) is 17.5. The van der Waals surface area contributed by atoms with Gasteiger partial charge in [-0.3, -0.25) is 4.79 Å². The van der Waals surface area contributed by atoms with Crippen molar-refractivity contribution in [3.63, 3.8) is 0 Å². The van der Waals surface area contributed by atoms with Crippen LogP contribution in [0.3, 0.4) is 0 Å². The van der Waals surface area contributed by atoms with Crippen LogP contribution in [0.1, 0.15) is 42.6 Å². The minimum absolute atomic E-state index is 0.219. The summed E-state index contributed by atoms with van der Waals surface area (Å²) in [6.45, 7) is 8.08. The lowest BCUT2D eigenvalue weighted by Crippen LogP contribution is -2.27. The Hall–Kier alpha value is -1.95. The predicted molar refractivity (Wildman–Crippen MR) is 102 cm³/mol. The Morgan fingerprint density at radius 2 is 1.79 bits per heavy atom. The van der Waals surface area contributed by atoms with E-state index >= 15 is 0 Å². The molecule has 0 saturated heterocycles. The third-order valence-corrected chi connectivity index (χ3v) is 4.20. The molecule has 1 heterocycles. The van der Waals surface area contributed by atoms with Crippen LogP contribution in [0.2, 0.25) is 0 Å². The molecule has 2 rings (SSSR count). The highest BCUT2D eigenvalue weighted by atomic mass is 79.9. The van der Waals surface area contributed by atoms with Crippen molar-refractivity contribution in [2.75, 3.05) is 23.3 Å². The molecular weight excluding hydrogens is 368 g/mol. The molecule has 0 spiro atoms. The van der Waals surface area contributed by atoms with Gasteiger partial charge < -0.3 is 10.2 Å². The maximum atomic E-state index is 12.4. The van der Waals surface area contributed by atoms with Crippen molar-refractivity contribution < 1.29 is 4.79 Å². The number of hydrogen-bond acceptors (Lipinski definition) is 4. The second kappa shape index (κ2) is 8.78. The zero-order valence-electron chi connectivity index (χ0n) is 14.3. The van der Waals surface area contributed by atoms with Gasteiger partial charge in [-0.15, -0.1) is 0 Å². The van der Waals surface area contributed by atoms with E-state index in [4.69, 9.17) is 0 Å². The Kier molecular flexibility index (Phi) is 6.73. The molecule has 1 amide bonds. The smallest absolute Gasteiger partial charge is 0.258 e. The van der Waals surface area contributed by atoms with Gasteiger partial charge in [0.05, 0.1) is 11.3 Å². The molecule has 6 heteroatoms. The summed E-state index contributed by atoms with van der Waals surface area (Å²) in [5.74, 6) is 0.454. The van der Waals surface area contributed by atoms with Crippen molar-refractivity contribution >= 4 is 33.5 Å². The van der Waals surface area contributed by atoms with E-state index in [0.717, 1.165) is 41.7 Å². The van der Waals surface area contributed by atoms with Crippen molar-refractivity contribution in [1.29, 1.82) is 0 Å². The molecule has 2 aromatic rings. The van der Waals surface area contributed by atoms with Gasteiger partial charge in [0.15, 0.2) is 0 Å². The molecule has 128 valence electrons. The van der Waals surface area contributed by atoms with Crippen LogP contribution >= 0.6 is 15.9 Å². The van der Waals surface area contributed by atoms with E-state index in [1.807, 2.05) is 25.1 Å². The molecule has 0 saturated carbocycles. The van der Waals surface area contributed by atoms with Gasteiger partial charge in [-0.25, -0.2) is 9.97 Å². The van der Waals surface area contributed by atoms with Gasteiger partial charge in [-0.1, -0.05) is 19.9 Å². The number of aromatic nitrogens is 2. The molecule has 0 aliphatic heterocycles. The Bertz CT molecular complexity index is 682. The van der Waals surface area contributed by atoms with E-state index < -0.39 is 0 Å². The Balaban J connectivity index is 2.10. The summed E-state index contributed by atoms with van der Waals surface area (Å²) in [4.78, 5) is 23.2. The summed E-state index contributed by atoms with van der Waals surface area (Å²) in [7, 11) is 0. The lowest BCUT2D eigenvalue weighted by atomic mass is 10.2. The van der Waals surface area contributed by atoms with E-state index in [9.17, 15) is 4.79 Å². The van der Waals surface area contributed by atoms with Crippen LogP contribution in [0, 0.1) is 6.92 Å². The number of rotatable bonds is 7. The summed E-state index contributed by atoms with van der Waals surface area (Å²) in [6, 6.07) is 5.78. The fourth-order valence-electron chi connectivity index (χ4n) is 2.37. The van der Waals surface area contributed by atoms with Gasteiger partial charge in [-0.05, 0) is 53.4 Å². The summed E-state index contributed by atoms with van der Waals surface area (Å²) < 4.78 is 0.852. The summed E-state index contributed by atoms with van der Waals surface area (Å²) in [6.07, 6.45) is 5.23. The number of anilines is 2. The van der Waals surface area contributed by atoms with Crippen LogP contribution in [0.4, 0.5) is 11.6 Å². The highest BCUT2D eigenvalue weighted by Crippen LogP contribution is 2.23. The molecule has 1 N–H and O–H groups in total. The highest BCUT2D eigenvalue weighted by Gasteiger charge is 2.12. The largest absolute Gasteiger partial charge is 0.341 e. The van der Waals surface area contributed by atoms with E-state index in [0.29, 0.717) is 11.5 Å². The minimum atomic E-state index is -0.219. The molecule has 0 aliphatic carbocycles. The van der Waals surface area contributed by atoms with Crippen molar-refractivity contribution in [3.8, 4) is 0 Å². The second-order valence-corrected chi connectivity index (χ2v) is 6.55. The first-order valence-electron chi connectivity index (χ1n) is 8.19. The number of carbonyl (C=O) groups excluding carboxylic acids is 1. The summed E-state index contributed by atoms with van der Waals surface area (Å²) in [5, 5.41) is 2.87. The number of benzene rings is 1. The Morgan fingerprint density at radius 3 is 2.33 bits per heavy atom. The molecule has 1 aromatic heterocycles. The first-order chi connectivity index (χ1) is 11.5. The van der Waals surface area contributed by atoms with Crippen molar-refractivity contribution in [1.82, 2.24) is 9.97 Å². The van der Waals surface area contributed by atoms with Crippen LogP contribution in [-0.4, -0.2) is 29.0 Å². The van der Waals surface area contributed by atoms with Gasteiger partial charge in [0.1, 0.15) is 0 Å². The first-order valence-corrected chi connectivity index (χ1v) is 8.99. The number of carbonyl (C=O) groups is 1. The van der Waals surface area contributed by atoms with Gasteiger partial charge in [-0.2, -0.15) is 0 Å². The molecular formula is C18H23BrN4O. The quantitative estimate of drug-likeness (QED) is 0.759. The molecule has 1 aromatic carbocycles. The van der Waals surface area contributed by atoms with E-state index in [2.05, 4.69) is 50.0 Å². The van der Waals surface area contributed by atoms with Gasteiger partial charge in [0, 0.05) is 30.0 Å². The molecule has 0 radical (unpaired) electrons. The number of aryl methyl sites for hydroxylation is 1. The molecule has 0 aliphatic rings. The number of nitrogens with one attached hydrogen (secondary N) is 1. The van der Waals surface area contributed by atoms with Crippen LogP contribution < -0.4 is 10.2 Å². The monoisotopic (exact) mass is 390 g/mol. The third kappa shape index (κ3) is 4.77. The van der Waals surface area contributed by atoms with Crippen LogP contribution in [0.25, 0.3) is 0 Å². The molecule has 24 heavy (non-hydrogen) atoms. The van der Waals surface area contributed by atoms with E-state index in [-0.39, 0.29) is 5.91 Å². The molecule has 0 unspecified atom stereocenters. The number of nitrogens with zero attached hydrogens (tertiary/aromatic N) is 3. The standard InChI is InChI=1S/C18H23BrN4O/c1-4-8-23(9-5-2)18-20-11-14(12-21-18)17(24)22-16-7-6-13(3)10-15(16)19/h6-7,10-12H,4-5,8-9H2,1-3H3,(H,22,24). The van der Waals surface area contributed by atoms with Gasteiger partial charge in [0.25, 0.3) is 5.91 Å². The minimum Gasteiger partial charge on any atom is -0.341 e. The Labute approximate surface area is 151 Å². The van der Waals surface area contributed by atoms with Crippen LogP contribution in [0.5, 0.6) is 0 Å². The fourth-order valence-corrected chi connectivity index (χ4v) is 2.96. The maximum absolute atomic E-state index is 12.4. The first kappa shape index (κ1) is 18.4. The van der Waals surface area contributed by atoms with Gasteiger partial charge in [0.2, 0.25) is 5.95 Å². The lowest BCUT2D eigenvalue weighted by Gasteiger charge is -2.21. The molecule has 0 atom stereocenters. The van der Waals surface area contributed by atoms with Crippen molar-refractivity contribution in [3.05, 3.63) is 46.2 Å². The van der Waals surface area contributed by atoms with Crippen molar-refractivity contribution in [2.45, 2.75) is 33.6 Å². The number of hydrogen-bond donors (Lipinski definition) is 1. The molecule has 0 fully saturated rings.